The molecule has 0 saturated heterocycles. The van der Waals surface area contributed by atoms with Gasteiger partial charge in [-0.1, -0.05) is 12.1 Å². The van der Waals surface area contributed by atoms with Gasteiger partial charge in [0, 0.05) is 44.0 Å². The molecule has 1 unspecified atom stereocenters. The molecule has 0 saturated carbocycles. The Morgan fingerprint density at radius 2 is 1.81 bits per heavy atom. The van der Waals surface area contributed by atoms with Crippen molar-refractivity contribution in [2.75, 3.05) is 34.2 Å². The molecule has 0 bridgehead atoms. The third kappa shape index (κ3) is 7.02. The molecule has 0 spiro atoms. The molecule has 1 aromatic heterocycles. The number of guanidine groups is 1. The molecule has 148 valence electrons. The fraction of sp³-hybridized carbons (Fsp3) is 0.368. The smallest absolute Gasteiger partial charge is 0.191 e. The molecular weight excluding hydrogens is 463 g/mol. The van der Waals surface area contributed by atoms with Gasteiger partial charge < -0.3 is 15.5 Å². The normalized spacial score (nSPS) is 12.4. The molecule has 0 aliphatic heterocycles. The van der Waals surface area contributed by atoms with Crippen molar-refractivity contribution in [1.82, 2.24) is 20.5 Å². The Morgan fingerprint density at radius 1 is 1.11 bits per heavy atom. The highest BCUT2D eigenvalue weighted by atomic mass is 127. The number of halogens is 3. The summed E-state index contributed by atoms with van der Waals surface area (Å²) in [7, 11) is 5.23. The summed E-state index contributed by atoms with van der Waals surface area (Å²) in [5.41, 5.74) is 1.03. The molecule has 0 fully saturated rings. The van der Waals surface area contributed by atoms with Crippen LogP contribution in [0.3, 0.4) is 0 Å². The van der Waals surface area contributed by atoms with E-state index >= 15 is 0 Å². The number of nitrogens with one attached hydrogen (secondary N) is 2. The average molecular weight is 489 g/mol. The van der Waals surface area contributed by atoms with Gasteiger partial charge in [-0.05, 0) is 38.4 Å². The number of hydrogen-bond donors (Lipinski definition) is 2. The summed E-state index contributed by atoms with van der Waals surface area (Å²) in [5, 5.41) is 6.32. The first-order chi connectivity index (χ1) is 12.5. The highest BCUT2D eigenvalue weighted by Gasteiger charge is 2.22. The van der Waals surface area contributed by atoms with Crippen molar-refractivity contribution in [1.29, 1.82) is 0 Å². The summed E-state index contributed by atoms with van der Waals surface area (Å²) in [6, 6.07) is 9.23. The van der Waals surface area contributed by atoms with Gasteiger partial charge in [-0.3, -0.25) is 9.98 Å². The SMILES string of the molecule is CN=C(NCCc1ccccn1)NCC(c1c(F)cccc1F)N(C)C.I. The van der Waals surface area contributed by atoms with Crippen molar-refractivity contribution in [3.05, 3.63) is 65.5 Å². The maximum atomic E-state index is 14.1. The van der Waals surface area contributed by atoms with E-state index in [1.54, 1.807) is 32.2 Å². The van der Waals surface area contributed by atoms with Crippen LogP contribution >= 0.6 is 24.0 Å². The van der Waals surface area contributed by atoms with E-state index in [0.717, 1.165) is 12.1 Å². The van der Waals surface area contributed by atoms with Gasteiger partial charge in [-0.2, -0.15) is 0 Å². The van der Waals surface area contributed by atoms with Gasteiger partial charge >= 0.3 is 0 Å². The van der Waals surface area contributed by atoms with Crippen LogP contribution in [0.5, 0.6) is 0 Å². The molecule has 1 atom stereocenters. The Hall–Kier alpha value is -1.81. The molecular formula is C19H26F2IN5. The molecule has 27 heavy (non-hydrogen) atoms. The summed E-state index contributed by atoms with van der Waals surface area (Å²) in [4.78, 5) is 10.2. The maximum absolute atomic E-state index is 14.1. The highest BCUT2D eigenvalue weighted by molar-refractivity contribution is 14.0. The Labute approximate surface area is 176 Å². The average Bonchev–Trinajstić information content (AvgIpc) is 2.63. The molecule has 1 heterocycles. The highest BCUT2D eigenvalue weighted by Crippen LogP contribution is 2.23. The predicted octanol–water partition coefficient (Wildman–Crippen LogP) is 2.99. The zero-order valence-electron chi connectivity index (χ0n) is 15.7. The first-order valence-corrected chi connectivity index (χ1v) is 8.47. The Balaban J connectivity index is 0.00000364. The van der Waals surface area contributed by atoms with E-state index in [1.165, 1.54) is 18.2 Å². The van der Waals surface area contributed by atoms with Crippen LogP contribution in [0.4, 0.5) is 8.78 Å². The van der Waals surface area contributed by atoms with Crippen LogP contribution in [0, 0.1) is 11.6 Å². The van der Waals surface area contributed by atoms with Crippen LogP contribution in [-0.4, -0.2) is 50.1 Å². The topological polar surface area (TPSA) is 52.6 Å². The number of nitrogens with zero attached hydrogens (tertiary/aromatic N) is 3. The Kier molecular flexibility index (Phi) is 10.2. The van der Waals surface area contributed by atoms with Gasteiger partial charge in [0.1, 0.15) is 11.6 Å². The minimum atomic E-state index is -0.552. The summed E-state index contributed by atoms with van der Waals surface area (Å²) in [6.45, 7) is 0.964. The molecule has 5 nitrogen and oxygen atoms in total. The molecule has 8 heteroatoms. The van der Waals surface area contributed by atoms with Crippen molar-refractivity contribution in [2.45, 2.75) is 12.5 Å². The van der Waals surface area contributed by atoms with E-state index in [2.05, 4.69) is 20.6 Å². The van der Waals surface area contributed by atoms with E-state index in [0.29, 0.717) is 19.0 Å². The fourth-order valence-corrected chi connectivity index (χ4v) is 2.64. The monoisotopic (exact) mass is 489 g/mol. The van der Waals surface area contributed by atoms with Gasteiger partial charge in [0.15, 0.2) is 5.96 Å². The van der Waals surface area contributed by atoms with Crippen molar-refractivity contribution in [3.63, 3.8) is 0 Å². The zero-order chi connectivity index (χ0) is 18.9. The molecule has 0 aliphatic rings. The Morgan fingerprint density at radius 3 is 2.37 bits per heavy atom. The van der Waals surface area contributed by atoms with Crippen molar-refractivity contribution >= 4 is 29.9 Å². The molecule has 2 N–H and O–H groups in total. The third-order valence-electron chi connectivity index (χ3n) is 4.04. The summed E-state index contributed by atoms with van der Waals surface area (Å²) >= 11 is 0. The molecule has 0 aliphatic carbocycles. The molecule has 2 aromatic rings. The minimum absolute atomic E-state index is 0. The van der Waals surface area contributed by atoms with Crippen molar-refractivity contribution < 1.29 is 8.78 Å². The van der Waals surface area contributed by atoms with E-state index in [1.807, 2.05) is 18.2 Å². The summed E-state index contributed by atoms with van der Waals surface area (Å²) < 4.78 is 28.2. The van der Waals surface area contributed by atoms with Gasteiger partial charge in [0.2, 0.25) is 0 Å². The number of hydrogen-bond acceptors (Lipinski definition) is 3. The number of rotatable bonds is 7. The van der Waals surface area contributed by atoms with Gasteiger partial charge in [-0.25, -0.2) is 8.78 Å². The lowest BCUT2D eigenvalue weighted by molar-refractivity contribution is 0.282. The quantitative estimate of drug-likeness (QED) is 0.357. The maximum Gasteiger partial charge on any atom is 0.191 e. The number of pyridine rings is 1. The lowest BCUT2D eigenvalue weighted by Crippen LogP contribution is -2.42. The van der Waals surface area contributed by atoms with Gasteiger partial charge in [0.25, 0.3) is 0 Å². The van der Waals surface area contributed by atoms with E-state index in [4.69, 9.17) is 0 Å². The van der Waals surface area contributed by atoms with Gasteiger partial charge in [-0.15, -0.1) is 24.0 Å². The van der Waals surface area contributed by atoms with E-state index in [9.17, 15) is 8.78 Å². The lowest BCUT2D eigenvalue weighted by atomic mass is 10.0. The van der Waals surface area contributed by atoms with Crippen LogP contribution in [0.15, 0.2) is 47.6 Å². The molecule has 2 rings (SSSR count). The van der Waals surface area contributed by atoms with E-state index in [-0.39, 0.29) is 29.5 Å². The standard InChI is InChI=1S/C19H25F2N5.HI/c1-22-19(24-12-10-14-7-4-5-11-23-14)25-13-17(26(2)3)18-15(20)8-6-9-16(18)21;/h4-9,11,17H,10,12-13H2,1-3H3,(H2,22,24,25);1H. The minimum Gasteiger partial charge on any atom is -0.356 e. The number of aliphatic imine (C=N–C) groups is 1. The second-order valence-corrected chi connectivity index (χ2v) is 6.07. The third-order valence-corrected chi connectivity index (χ3v) is 4.04. The number of likely N-dealkylation sites (N-methyl/N-ethyl adjacent to an activating group) is 1. The predicted molar refractivity (Wildman–Crippen MR) is 116 cm³/mol. The summed E-state index contributed by atoms with van der Waals surface area (Å²) in [6.07, 6.45) is 2.51. The van der Waals surface area contributed by atoms with Crippen LogP contribution in [-0.2, 0) is 6.42 Å². The molecule has 1 aromatic carbocycles. The number of benzene rings is 1. The number of aromatic nitrogens is 1. The van der Waals surface area contributed by atoms with Crippen molar-refractivity contribution in [2.24, 2.45) is 4.99 Å². The molecule has 0 radical (unpaired) electrons. The zero-order valence-corrected chi connectivity index (χ0v) is 18.1. The summed E-state index contributed by atoms with van der Waals surface area (Å²) in [5.74, 6) is -0.531. The van der Waals surface area contributed by atoms with Crippen molar-refractivity contribution in [3.8, 4) is 0 Å². The van der Waals surface area contributed by atoms with Crippen LogP contribution in [0.25, 0.3) is 0 Å². The largest absolute Gasteiger partial charge is 0.356 e. The lowest BCUT2D eigenvalue weighted by Gasteiger charge is -2.26. The van der Waals surface area contributed by atoms with E-state index < -0.39 is 17.7 Å². The first-order valence-electron chi connectivity index (χ1n) is 8.47. The van der Waals surface area contributed by atoms with Crippen LogP contribution in [0.2, 0.25) is 0 Å². The Bertz CT molecular complexity index is 705. The molecule has 0 amide bonds. The fourth-order valence-electron chi connectivity index (χ4n) is 2.64. The van der Waals surface area contributed by atoms with Crippen LogP contribution < -0.4 is 10.6 Å². The van der Waals surface area contributed by atoms with Crippen LogP contribution in [0.1, 0.15) is 17.3 Å². The first kappa shape index (κ1) is 23.2. The second kappa shape index (κ2) is 11.8. The second-order valence-electron chi connectivity index (χ2n) is 6.07. The van der Waals surface area contributed by atoms with Gasteiger partial charge in [0.05, 0.1) is 6.04 Å².